The molecule has 1 atom stereocenters. The summed E-state index contributed by atoms with van der Waals surface area (Å²) in [4.78, 5) is 20.3. The van der Waals surface area contributed by atoms with E-state index in [-0.39, 0.29) is 17.7 Å². The summed E-state index contributed by atoms with van der Waals surface area (Å²) in [7, 11) is 3.98. The Balaban J connectivity index is 1.82. The molecule has 0 aromatic heterocycles. The van der Waals surface area contributed by atoms with Crippen LogP contribution in [-0.4, -0.2) is 41.7 Å². The Morgan fingerprint density at radius 3 is 1.90 bits per heavy atom. The van der Waals surface area contributed by atoms with Crippen molar-refractivity contribution in [3.8, 4) is 0 Å². The van der Waals surface area contributed by atoms with Gasteiger partial charge in [0.25, 0.3) is 0 Å². The fourth-order valence-corrected chi connectivity index (χ4v) is 5.08. The minimum atomic E-state index is -0.0631. The van der Waals surface area contributed by atoms with Crippen molar-refractivity contribution in [1.82, 2.24) is 9.96 Å². The van der Waals surface area contributed by atoms with Crippen LogP contribution in [0, 0.1) is 17.8 Å². The molecule has 4 heteroatoms. The van der Waals surface area contributed by atoms with Crippen molar-refractivity contribution in [1.29, 1.82) is 0 Å². The molecule has 0 spiro atoms. The molecule has 1 unspecified atom stereocenters. The lowest BCUT2D eigenvalue weighted by molar-refractivity contribution is -0.285. The maximum Gasteiger partial charge on any atom is 0.243 e. The van der Waals surface area contributed by atoms with E-state index in [0.717, 1.165) is 37.0 Å². The summed E-state index contributed by atoms with van der Waals surface area (Å²) in [5, 5.41) is 1.77. The first kappa shape index (κ1) is 14.3. The molecule has 4 aliphatic carbocycles. The van der Waals surface area contributed by atoms with Gasteiger partial charge in [-0.05, 0) is 77.3 Å². The summed E-state index contributed by atoms with van der Waals surface area (Å²) < 4.78 is 0. The highest BCUT2D eigenvalue weighted by atomic mass is 16.7. The van der Waals surface area contributed by atoms with Crippen molar-refractivity contribution in [3.63, 3.8) is 0 Å². The molecule has 0 N–H and O–H groups in total. The summed E-state index contributed by atoms with van der Waals surface area (Å²) in [6.07, 6.45) is 7.54. The lowest BCUT2D eigenvalue weighted by Crippen LogP contribution is -2.62. The van der Waals surface area contributed by atoms with Gasteiger partial charge in [0.2, 0.25) is 5.91 Å². The van der Waals surface area contributed by atoms with E-state index in [4.69, 9.17) is 4.84 Å². The van der Waals surface area contributed by atoms with E-state index >= 15 is 0 Å². The third kappa shape index (κ3) is 2.37. The smallest absolute Gasteiger partial charge is 0.243 e. The average molecular weight is 280 g/mol. The second-order valence-electron chi connectivity index (χ2n) is 7.62. The summed E-state index contributed by atoms with van der Waals surface area (Å²) >= 11 is 0. The molecule has 114 valence electrons. The predicted molar refractivity (Wildman–Crippen MR) is 77.7 cm³/mol. The number of rotatable bonds is 4. The maximum atomic E-state index is 12.2. The summed E-state index contributed by atoms with van der Waals surface area (Å²) in [5.74, 6) is 2.53. The Morgan fingerprint density at radius 1 is 1.10 bits per heavy atom. The van der Waals surface area contributed by atoms with E-state index in [1.165, 1.54) is 19.3 Å². The minimum Gasteiger partial charge on any atom is -0.283 e. The zero-order valence-electron chi connectivity index (χ0n) is 13.3. The molecule has 4 aliphatic rings. The minimum absolute atomic E-state index is 0.00907. The van der Waals surface area contributed by atoms with Crippen molar-refractivity contribution >= 4 is 5.91 Å². The van der Waals surface area contributed by atoms with Gasteiger partial charge in [0, 0.05) is 6.92 Å². The highest BCUT2D eigenvalue weighted by molar-refractivity contribution is 5.73. The normalized spacial score (nSPS) is 40.1. The molecule has 1 amide bonds. The number of nitrogens with zero attached hydrogens (tertiary/aromatic N) is 2. The Kier molecular flexibility index (Phi) is 3.57. The largest absolute Gasteiger partial charge is 0.283 e. The van der Waals surface area contributed by atoms with E-state index in [2.05, 4.69) is 0 Å². The number of hydrogen-bond donors (Lipinski definition) is 0. The van der Waals surface area contributed by atoms with Gasteiger partial charge in [0.05, 0.1) is 5.54 Å². The molecule has 0 aliphatic heterocycles. The van der Waals surface area contributed by atoms with Gasteiger partial charge in [-0.3, -0.25) is 14.5 Å². The van der Waals surface area contributed by atoms with Gasteiger partial charge in [-0.25, -0.2) is 5.06 Å². The van der Waals surface area contributed by atoms with Crippen molar-refractivity contribution in [2.45, 2.75) is 64.1 Å². The zero-order valence-corrected chi connectivity index (χ0v) is 13.3. The molecular formula is C16H28N2O2. The highest BCUT2D eigenvalue weighted by Crippen LogP contribution is 2.57. The van der Waals surface area contributed by atoms with Crippen LogP contribution in [0.2, 0.25) is 0 Å². The van der Waals surface area contributed by atoms with E-state index in [1.807, 2.05) is 25.9 Å². The van der Waals surface area contributed by atoms with Crippen molar-refractivity contribution in [3.05, 3.63) is 0 Å². The van der Waals surface area contributed by atoms with Crippen molar-refractivity contribution in [2.24, 2.45) is 17.8 Å². The van der Waals surface area contributed by atoms with Gasteiger partial charge in [0.15, 0.2) is 0 Å². The topological polar surface area (TPSA) is 32.8 Å². The van der Waals surface area contributed by atoms with Crippen molar-refractivity contribution in [2.75, 3.05) is 14.1 Å². The second kappa shape index (κ2) is 4.99. The Hall–Kier alpha value is -0.610. The lowest BCUT2D eigenvalue weighted by atomic mass is 9.53. The SMILES string of the molecule is CC(=O)N(OC(C)N(C)C)C12CC3CC(CC(C3)C1)C2. The van der Waals surface area contributed by atoms with E-state index in [0.29, 0.717) is 0 Å². The first-order chi connectivity index (χ1) is 9.39. The predicted octanol–water partition coefficient (Wildman–Crippen LogP) is 2.64. The second-order valence-corrected chi connectivity index (χ2v) is 7.62. The molecule has 0 heterocycles. The molecule has 4 rings (SSSR count). The van der Waals surface area contributed by atoms with Crippen LogP contribution in [0.5, 0.6) is 0 Å². The van der Waals surface area contributed by atoms with Crippen LogP contribution in [0.25, 0.3) is 0 Å². The van der Waals surface area contributed by atoms with Gasteiger partial charge in [0.1, 0.15) is 6.23 Å². The molecule has 0 aromatic carbocycles. The van der Waals surface area contributed by atoms with Gasteiger partial charge < -0.3 is 0 Å². The standard InChI is InChI=1S/C16H28N2O2/c1-11(19)18(20-12(2)17(3)4)16-8-13-5-14(9-16)7-15(6-13)10-16/h12-15H,5-10H2,1-4H3. The average Bonchev–Trinajstić information content (AvgIpc) is 2.33. The van der Waals surface area contributed by atoms with Gasteiger partial charge >= 0.3 is 0 Å². The zero-order chi connectivity index (χ0) is 14.5. The maximum absolute atomic E-state index is 12.2. The third-order valence-electron chi connectivity index (χ3n) is 5.71. The molecular weight excluding hydrogens is 252 g/mol. The first-order valence-electron chi connectivity index (χ1n) is 8.03. The number of carbonyl (C=O) groups is 1. The summed E-state index contributed by atoms with van der Waals surface area (Å²) in [6.45, 7) is 3.66. The van der Waals surface area contributed by atoms with Crippen LogP contribution in [0.3, 0.4) is 0 Å². The Labute approximate surface area is 122 Å². The van der Waals surface area contributed by atoms with Gasteiger partial charge in [-0.2, -0.15) is 0 Å². The van der Waals surface area contributed by atoms with Crippen LogP contribution >= 0.6 is 0 Å². The van der Waals surface area contributed by atoms with Crippen LogP contribution in [0.15, 0.2) is 0 Å². The van der Waals surface area contributed by atoms with Crippen LogP contribution in [0.1, 0.15) is 52.4 Å². The number of hydrogen-bond acceptors (Lipinski definition) is 3. The molecule has 0 radical (unpaired) electrons. The lowest BCUT2D eigenvalue weighted by Gasteiger charge is -2.59. The molecule has 4 nitrogen and oxygen atoms in total. The third-order valence-corrected chi connectivity index (χ3v) is 5.71. The van der Waals surface area contributed by atoms with E-state index in [1.54, 1.807) is 12.0 Å². The van der Waals surface area contributed by atoms with E-state index < -0.39 is 0 Å². The first-order valence-corrected chi connectivity index (χ1v) is 8.03. The highest BCUT2D eigenvalue weighted by Gasteiger charge is 2.55. The number of carbonyl (C=O) groups excluding carboxylic acids is 1. The quantitative estimate of drug-likeness (QED) is 0.586. The van der Waals surface area contributed by atoms with Gasteiger partial charge in [-0.15, -0.1) is 0 Å². The number of hydroxylamine groups is 2. The molecule has 4 bridgehead atoms. The molecule has 20 heavy (non-hydrogen) atoms. The fraction of sp³-hybridized carbons (Fsp3) is 0.938. The van der Waals surface area contributed by atoms with Crippen LogP contribution in [0.4, 0.5) is 0 Å². The summed E-state index contributed by atoms with van der Waals surface area (Å²) in [6, 6.07) is 0. The van der Waals surface area contributed by atoms with Crippen molar-refractivity contribution < 1.29 is 9.63 Å². The molecule has 4 fully saturated rings. The monoisotopic (exact) mass is 280 g/mol. The van der Waals surface area contributed by atoms with Gasteiger partial charge in [-0.1, -0.05) is 0 Å². The Morgan fingerprint density at radius 2 is 1.55 bits per heavy atom. The van der Waals surface area contributed by atoms with Crippen LogP contribution in [-0.2, 0) is 9.63 Å². The number of amides is 1. The van der Waals surface area contributed by atoms with E-state index in [9.17, 15) is 4.79 Å². The molecule has 0 saturated heterocycles. The van der Waals surface area contributed by atoms with Crippen LogP contribution < -0.4 is 0 Å². The molecule has 4 saturated carbocycles. The molecule has 0 aromatic rings. The summed E-state index contributed by atoms with van der Waals surface area (Å²) in [5.41, 5.74) is -0.00907. The fourth-order valence-electron chi connectivity index (χ4n) is 5.08. The Bertz CT molecular complexity index is 359.